The number of methoxy groups -OCH3 is 1. The maximum atomic E-state index is 12.0. The molecule has 0 saturated heterocycles. The number of benzene rings is 2. The molecule has 0 bridgehead atoms. The van der Waals surface area contributed by atoms with E-state index in [9.17, 15) is 19.8 Å². The molecule has 0 spiro atoms. The number of carbonyl (C=O) groups is 2. The van der Waals surface area contributed by atoms with Crippen LogP contribution in [0.25, 0.3) is 0 Å². The van der Waals surface area contributed by atoms with Crippen LogP contribution in [0.2, 0.25) is 0 Å². The van der Waals surface area contributed by atoms with E-state index in [0.29, 0.717) is 24.5 Å². The van der Waals surface area contributed by atoms with Crippen molar-refractivity contribution in [1.82, 2.24) is 0 Å². The minimum absolute atomic E-state index is 0.0122. The van der Waals surface area contributed by atoms with Gasteiger partial charge in [0.25, 0.3) is 0 Å². The number of phenolic OH excluding ortho intramolecular Hbond substituents is 1. The lowest BCUT2D eigenvalue weighted by Crippen LogP contribution is -2.94. The van der Waals surface area contributed by atoms with Gasteiger partial charge in [-0.2, -0.15) is 0 Å². The summed E-state index contributed by atoms with van der Waals surface area (Å²) < 4.78 is 5.23. The number of rotatable bonds is 10. The second kappa shape index (κ2) is 10.0. The Morgan fingerprint density at radius 2 is 2.00 bits per heavy atom. The number of carboxylic acid groups (broad SMARTS) is 1. The lowest BCUT2D eigenvalue weighted by molar-refractivity contribution is -0.680. The summed E-state index contributed by atoms with van der Waals surface area (Å²) >= 11 is 0. The largest absolute Gasteiger partial charge is 0.544 e. The van der Waals surface area contributed by atoms with E-state index in [0.717, 1.165) is 5.69 Å². The molecule has 0 radical (unpaired) electrons. The van der Waals surface area contributed by atoms with Gasteiger partial charge < -0.3 is 35.7 Å². The molecule has 0 unspecified atom stereocenters. The van der Waals surface area contributed by atoms with Crippen molar-refractivity contribution in [3.63, 3.8) is 0 Å². The molecule has 0 aromatic heterocycles. The number of para-hydroxylation sites is 2. The van der Waals surface area contributed by atoms with Gasteiger partial charge in [0, 0.05) is 11.8 Å². The molecule has 27 heavy (non-hydrogen) atoms. The Bertz CT molecular complexity index is 781. The van der Waals surface area contributed by atoms with Gasteiger partial charge in [-0.25, -0.2) is 0 Å². The molecule has 1 atom stereocenters. The van der Waals surface area contributed by atoms with Gasteiger partial charge in [0.2, 0.25) is 5.91 Å². The number of anilines is 2. The first-order valence-corrected chi connectivity index (χ1v) is 8.49. The zero-order chi connectivity index (χ0) is 19.6. The number of amides is 1. The third kappa shape index (κ3) is 6.52. The first-order chi connectivity index (χ1) is 13.0. The summed E-state index contributed by atoms with van der Waals surface area (Å²) in [7, 11) is 1.57. The molecule has 0 aliphatic carbocycles. The van der Waals surface area contributed by atoms with Gasteiger partial charge in [0.05, 0.1) is 38.3 Å². The summed E-state index contributed by atoms with van der Waals surface area (Å²) in [6.45, 7) is 0.911. The Morgan fingerprint density at radius 1 is 1.22 bits per heavy atom. The van der Waals surface area contributed by atoms with E-state index in [2.05, 4.69) is 10.6 Å². The standard InChI is InChI=1S/C19H23N3O5/c1-27-17-8-3-2-7-15(17)20-9-10-21-16(19(25)26)12-18(24)22-13-5-4-6-14(23)11-13/h2-8,11,16,20-21,23H,9-10,12H2,1H3,(H,22,24)(H,25,26)/t16-/m0/s1. The van der Waals surface area contributed by atoms with Crippen LogP contribution < -0.4 is 25.8 Å². The van der Waals surface area contributed by atoms with Crippen LogP contribution in [0.5, 0.6) is 11.5 Å². The third-order valence-corrected chi connectivity index (χ3v) is 3.86. The van der Waals surface area contributed by atoms with Crippen LogP contribution >= 0.6 is 0 Å². The fraction of sp³-hybridized carbons (Fsp3) is 0.263. The Balaban J connectivity index is 1.81. The van der Waals surface area contributed by atoms with Crippen molar-refractivity contribution in [2.24, 2.45) is 0 Å². The van der Waals surface area contributed by atoms with E-state index in [4.69, 9.17) is 4.74 Å². The van der Waals surface area contributed by atoms with E-state index >= 15 is 0 Å². The molecule has 0 heterocycles. The highest BCUT2D eigenvalue weighted by Gasteiger charge is 2.18. The SMILES string of the molecule is COc1ccccc1NCC[NH2+][C@@H](CC(=O)Nc1cccc(O)c1)C(=O)[O-]. The third-order valence-electron chi connectivity index (χ3n) is 3.86. The molecule has 5 N–H and O–H groups in total. The molecule has 1 amide bonds. The van der Waals surface area contributed by atoms with Crippen LogP contribution in [0.4, 0.5) is 11.4 Å². The van der Waals surface area contributed by atoms with Crippen molar-refractivity contribution in [2.45, 2.75) is 12.5 Å². The lowest BCUT2D eigenvalue weighted by atomic mass is 10.2. The molecule has 2 aromatic rings. The predicted octanol–water partition coefficient (Wildman–Crippen LogP) is -0.477. The Hall–Kier alpha value is -3.26. The maximum Gasteiger partial charge on any atom is 0.230 e. The van der Waals surface area contributed by atoms with Gasteiger partial charge in [0.15, 0.2) is 0 Å². The van der Waals surface area contributed by atoms with Crippen LogP contribution in [0.1, 0.15) is 6.42 Å². The van der Waals surface area contributed by atoms with Crippen LogP contribution in [0.15, 0.2) is 48.5 Å². The Morgan fingerprint density at radius 3 is 2.70 bits per heavy atom. The summed E-state index contributed by atoms with van der Waals surface area (Å²) in [6, 6.07) is 12.4. The second-order valence-corrected chi connectivity index (χ2v) is 5.88. The average Bonchev–Trinajstić information content (AvgIpc) is 2.64. The van der Waals surface area contributed by atoms with Gasteiger partial charge in [-0.3, -0.25) is 4.79 Å². The molecule has 0 aliphatic rings. The number of quaternary nitrogens is 1. The highest BCUT2D eigenvalue weighted by atomic mass is 16.5. The number of nitrogens with two attached hydrogens (primary N) is 1. The Labute approximate surface area is 157 Å². The number of phenols is 1. The summed E-state index contributed by atoms with van der Waals surface area (Å²) in [5.41, 5.74) is 1.20. The van der Waals surface area contributed by atoms with Gasteiger partial charge >= 0.3 is 0 Å². The van der Waals surface area contributed by atoms with Crippen molar-refractivity contribution in [1.29, 1.82) is 0 Å². The first kappa shape index (κ1) is 20.1. The fourth-order valence-corrected chi connectivity index (χ4v) is 2.54. The first-order valence-electron chi connectivity index (χ1n) is 8.49. The molecule has 2 rings (SSSR count). The number of aromatic hydroxyl groups is 1. The Kier molecular flexibility index (Phi) is 7.45. The number of hydrogen-bond donors (Lipinski definition) is 4. The normalized spacial score (nSPS) is 11.4. The summed E-state index contributed by atoms with van der Waals surface area (Å²) in [5, 5.41) is 28.0. The van der Waals surface area contributed by atoms with Crippen molar-refractivity contribution in [3.8, 4) is 11.5 Å². The molecule has 8 nitrogen and oxygen atoms in total. The molecular formula is C19H23N3O5. The molecule has 0 saturated carbocycles. The summed E-state index contributed by atoms with van der Waals surface area (Å²) in [6.07, 6.45) is -0.243. The van der Waals surface area contributed by atoms with Gasteiger partial charge in [0.1, 0.15) is 17.5 Å². The molecule has 144 valence electrons. The molecular weight excluding hydrogens is 350 g/mol. The summed E-state index contributed by atoms with van der Waals surface area (Å²) in [5.74, 6) is -1.07. The van der Waals surface area contributed by atoms with Crippen molar-refractivity contribution < 1.29 is 29.9 Å². The average molecular weight is 373 g/mol. The molecule has 0 aliphatic heterocycles. The zero-order valence-electron chi connectivity index (χ0n) is 15.0. The molecule has 0 fully saturated rings. The van der Waals surface area contributed by atoms with Crippen LogP contribution in [0, 0.1) is 0 Å². The monoisotopic (exact) mass is 373 g/mol. The van der Waals surface area contributed by atoms with Crippen molar-refractivity contribution >= 4 is 23.3 Å². The van der Waals surface area contributed by atoms with E-state index in [1.54, 1.807) is 24.6 Å². The lowest BCUT2D eigenvalue weighted by Gasteiger charge is -2.17. The van der Waals surface area contributed by atoms with E-state index in [1.165, 1.54) is 12.1 Å². The van der Waals surface area contributed by atoms with Gasteiger partial charge in [-0.05, 0) is 24.3 Å². The highest BCUT2D eigenvalue weighted by Crippen LogP contribution is 2.22. The van der Waals surface area contributed by atoms with Gasteiger partial charge in [-0.1, -0.05) is 18.2 Å². The number of nitrogens with one attached hydrogen (secondary N) is 2. The fourth-order valence-electron chi connectivity index (χ4n) is 2.54. The van der Waals surface area contributed by atoms with Crippen LogP contribution in [-0.4, -0.2) is 43.2 Å². The number of carboxylic acids is 1. The number of hydrogen-bond acceptors (Lipinski definition) is 6. The summed E-state index contributed by atoms with van der Waals surface area (Å²) in [4.78, 5) is 23.3. The quantitative estimate of drug-likeness (QED) is 0.417. The van der Waals surface area contributed by atoms with Crippen LogP contribution in [0.3, 0.4) is 0 Å². The predicted molar refractivity (Wildman–Crippen MR) is 98.4 cm³/mol. The van der Waals surface area contributed by atoms with E-state index < -0.39 is 17.9 Å². The van der Waals surface area contributed by atoms with Gasteiger partial charge in [-0.15, -0.1) is 0 Å². The zero-order valence-corrected chi connectivity index (χ0v) is 15.0. The van der Waals surface area contributed by atoms with E-state index in [1.807, 2.05) is 24.3 Å². The van der Waals surface area contributed by atoms with Crippen molar-refractivity contribution in [3.05, 3.63) is 48.5 Å². The number of ether oxygens (including phenoxy) is 1. The smallest absolute Gasteiger partial charge is 0.230 e. The number of aliphatic carboxylic acids is 1. The second-order valence-electron chi connectivity index (χ2n) is 5.88. The van der Waals surface area contributed by atoms with E-state index in [-0.39, 0.29) is 12.2 Å². The highest BCUT2D eigenvalue weighted by molar-refractivity contribution is 5.93. The van der Waals surface area contributed by atoms with Crippen LogP contribution in [-0.2, 0) is 9.59 Å². The topological polar surface area (TPSA) is 127 Å². The minimum atomic E-state index is -1.31. The minimum Gasteiger partial charge on any atom is -0.544 e. The number of carbonyl (C=O) groups excluding carboxylic acids is 2. The molecule has 8 heteroatoms. The molecule has 2 aromatic carbocycles. The van der Waals surface area contributed by atoms with Crippen molar-refractivity contribution in [2.75, 3.05) is 30.8 Å². The maximum absolute atomic E-state index is 12.0.